The zero-order chi connectivity index (χ0) is 17.4. The molecular weight excluding hydrogens is 338 g/mol. The minimum atomic E-state index is -0.170. The summed E-state index contributed by atoms with van der Waals surface area (Å²) in [6.07, 6.45) is 1.70. The second kappa shape index (κ2) is 6.21. The predicted octanol–water partition coefficient (Wildman–Crippen LogP) is 1.54. The molecule has 0 N–H and O–H groups in total. The molecule has 0 saturated heterocycles. The van der Waals surface area contributed by atoms with Crippen LogP contribution in [0.4, 0.5) is 0 Å². The van der Waals surface area contributed by atoms with Gasteiger partial charge in [-0.1, -0.05) is 30.0 Å². The highest BCUT2D eigenvalue weighted by atomic mass is 32.2. The van der Waals surface area contributed by atoms with Crippen LogP contribution in [0.2, 0.25) is 0 Å². The van der Waals surface area contributed by atoms with Crippen molar-refractivity contribution in [3.8, 4) is 0 Å². The summed E-state index contributed by atoms with van der Waals surface area (Å²) >= 11 is 1.43. The van der Waals surface area contributed by atoms with E-state index in [0.717, 1.165) is 0 Å². The predicted molar refractivity (Wildman–Crippen MR) is 97.2 cm³/mol. The summed E-state index contributed by atoms with van der Waals surface area (Å²) in [5.41, 5.74) is 1.06. The zero-order valence-corrected chi connectivity index (χ0v) is 14.3. The quantitative estimate of drug-likeness (QED) is 0.411. The molecule has 0 saturated carbocycles. The Bertz CT molecular complexity index is 1190. The number of hydrogen-bond donors (Lipinski definition) is 0. The summed E-state index contributed by atoms with van der Waals surface area (Å²) < 4.78 is 4.48. The molecule has 0 aliphatic carbocycles. The molecule has 4 aromatic rings. The van der Waals surface area contributed by atoms with E-state index in [1.54, 1.807) is 36.0 Å². The van der Waals surface area contributed by atoms with E-state index in [4.69, 9.17) is 0 Å². The molecule has 7 nitrogen and oxygen atoms in total. The van der Waals surface area contributed by atoms with Gasteiger partial charge >= 0.3 is 5.69 Å². The molecule has 0 radical (unpaired) electrons. The van der Waals surface area contributed by atoms with Crippen molar-refractivity contribution < 1.29 is 0 Å². The van der Waals surface area contributed by atoms with E-state index in [1.807, 2.05) is 24.3 Å². The summed E-state index contributed by atoms with van der Waals surface area (Å²) in [6.45, 7) is 0.438. The van der Waals surface area contributed by atoms with Crippen LogP contribution in [0.25, 0.3) is 16.6 Å². The lowest BCUT2D eigenvalue weighted by atomic mass is 10.2. The van der Waals surface area contributed by atoms with Crippen molar-refractivity contribution >= 4 is 28.3 Å². The number of pyridine rings is 1. The van der Waals surface area contributed by atoms with Crippen LogP contribution in [-0.4, -0.2) is 29.5 Å². The standard InChI is InChI=1S/C17H15N5O2S/c1-20-15(23)12-6-2-3-7-13(12)18-16(20)25-11-10-22-17(24)21-9-5-4-8-14(21)19-22/h2-9H,10-11H2,1H3. The minimum absolute atomic E-state index is 0.0713. The number of aryl methyl sites for hydroxylation is 1. The van der Waals surface area contributed by atoms with Gasteiger partial charge in [0, 0.05) is 19.0 Å². The molecule has 0 aliphatic rings. The number of aromatic nitrogens is 5. The molecule has 0 atom stereocenters. The SMILES string of the molecule is Cn1c(SCCn2nc3ccccn3c2=O)nc2ccccc2c1=O. The Morgan fingerprint density at radius 1 is 1.08 bits per heavy atom. The van der Waals surface area contributed by atoms with Crippen molar-refractivity contribution in [2.45, 2.75) is 11.7 Å². The molecule has 0 spiro atoms. The normalized spacial score (nSPS) is 11.4. The van der Waals surface area contributed by atoms with Gasteiger partial charge in [-0.2, -0.15) is 0 Å². The molecule has 0 amide bonds. The lowest BCUT2D eigenvalue weighted by Crippen LogP contribution is -2.23. The number of para-hydroxylation sites is 1. The van der Waals surface area contributed by atoms with Gasteiger partial charge < -0.3 is 0 Å². The third-order valence-electron chi connectivity index (χ3n) is 3.96. The first kappa shape index (κ1) is 15.6. The van der Waals surface area contributed by atoms with Gasteiger partial charge in [-0.15, -0.1) is 5.10 Å². The number of thioether (sulfide) groups is 1. The molecular formula is C17H15N5O2S. The van der Waals surface area contributed by atoms with Gasteiger partial charge in [0.1, 0.15) is 0 Å². The molecule has 126 valence electrons. The summed E-state index contributed by atoms with van der Waals surface area (Å²) in [6, 6.07) is 12.7. The van der Waals surface area contributed by atoms with E-state index < -0.39 is 0 Å². The fourth-order valence-electron chi connectivity index (χ4n) is 2.66. The maximum absolute atomic E-state index is 12.4. The maximum atomic E-state index is 12.4. The molecule has 0 fully saturated rings. The first-order chi connectivity index (χ1) is 12.1. The summed E-state index contributed by atoms with van der Waals surface area (Å²) in [4.78, 5) is 29.2. The monoisotopic (exact) mass is 353 g/mol. The van der Waals surface area contributed by atoms with E-state index in [-0.39, 0.29) is 11.2 Å². The Hall–Kier alpha value is -2.87. The van der Waals surface area contributed by atoms with Gasteiger partial charge in [0.05, 0.1) is 17.4 Å². The highest BCUT2D eigenvalue weighted by Gasteiger charge is 2.10. The van der Waals surface area contributed by atoms with Crippen LogP contribution in [0.3, 0.4) is 0 Å². The van der Waals surface area contributed by atoms with E-state index in [2.05, 4.69) is 10.1 Å². The van der Waals surface area contributed by atoms with Crippen molar-refractivity contribution in [1.29, 1.82) is 0 Å². The first-order valence-electron chi connectivity index (χ1n) is 7.78. The topological polar surface area (TPSA) is 74.2 Å². The third-order valence-corrected chi connectivity index (χ3v) is 4.97. The molecule has 4 rings (SSSR count). The largest absolute Gasteiger partial charge is 0.350 e. The van der Waals surface area contributed by atoms with Crippen LogP contribution in [0, 0.1) is 0 Å². The second-order valence-corrected chi connectivity index (χ2v) is 6.62. The number of hydrogen-bond acceptors (Lipinski definition) is 5. The van der Waals surface area contributed by atoms with Crippen molar-refractivity contribution in [3.05, 3.63) is 69.5 Å². The molecule has 1 aromatic carbocycles. The molecule has 8 heteroatoms. The van der Waals surface area contributed by atoms with Crippen LogP contribution in [0.15, 0.2) is 63.4 Å². The fourth-order valence-corrected chi connectivity index (χ4v) is 3.55. The van der Waals surface area contributed by atoms with Crippen LogP contribution < -0.4 is 11.2 Å². The van der Waals surface area contributed by atoms with Gasteiger partial charge in [0.25, 0.3) is 5.56 Å². The van der Waals surface area contributed by atoms with Crippen LogP contribution in [0.5, 0.6) is 0 Å². The smallest absolute Gasteiger partial charge is 0.290 e. The van der Waals surface area contributed by atoms with Gasteiger partial charge in [0.15, 0.2) is 10.8 Å². The average molecular weight is 353 g/mol. The van der Waals surface area contributed by atoms with Gasteiger partial charge in [0.2, 0.25) is 0 Å². The Labute approximate surface area is 146 Å². The molecule has 0 unspecified atom stereocenters. The third kappa shape index (κ3) is 2.74. The van der Waals surface area contributed by atoms with Crippen molar-refractivity contribution in [2.24, 2.45) is 7.05 Å². The fraction of sp³-hybridized carbons (Fsp3) is 0.176. The lowest BCUT2D eigenvalue weighted by molar-refractivity contribution is 0.637. The summed E-state index contributed by atoms with van der Waals surface area (Å²) in [5.74, 6) is 0.586. The average Bonchev–Trinajstić information content (AvgIpc) is 2.95. The van der Waals surface area contributed by atoms with Crippen molar-refractivity contribution in [1.82, 2.24) is 23.7 Å². The highest BCUT2D eigenvalue weighted by molar-refractivity contribution is 7.99. The van der Waals surface area contributed by atoms with Crippen molar-refractivity contribution in [2.75, 3.05) is 5.75 Å². The molecule has 0 aliphatic heterocycles. The van der Waals surface area contributed by atoms with Crippen LogP contribution in [0.1, 0.15) is 0 Å². The number of benzene rings is 1. The summed E-state index contributed by atoms with van der Waals surface area (Å²) in [5, 5.41) is 5.53. The Morgan fingerprint density at radius 3 is 2.72 bits per heavy atom. The van der Waals surface area contributed by atoms with Gasteiger partial charge in [-0.05, 0) is 24.3 Å². The molecule has 3 heterocycles. The molecule has 0 bridgehead atoms. The van der Waals surface area contributed by atoms with E-state index in [0.29, 0.717) is 34.0 Å². The first-order valence-corrected chi connectivity index (χ1v) is 8.76. The second-order valence-electron chi connectivity index (χ2n) is 5.56. The van der Waals surface area contributed by atoms with Crippen molar-refractivity contribution in [3.63, 3.8) is 0 Å². The zero-order valence-electron chi connectivity index (χ0n) is 13.5. The minimum Gasteiger partial charge on any atom is -0.290 e. The number of rotatable bonds is 4. The Morgan fingerprint density at radius 2 is 1.88 bits per heavy atom. The van der Waals surface area contributed by atoms with E-state index in [9.17, 15) is 9.59 Å². The van der Waals surface area contributed by atoms with E-state index >= 15 is 0 Å². The summed E-state index contributed by atoms with van der Waals surface area (Å²) in [7, 11) is 1.71. The van der Waals surface area contributed by atoms with Crippen LogP contribution >= 0.6 is 11.8 Å². The van der Waals surface area contributed by atoms with Gasteiger partial charge in [-0.25, -0.2) is 14.5 Å². The number of nitrogens with zero attached hydrogens (tertiary/aromatic N) is 5. The lowest BCUT2D eigenvalue weighted by Gasteiger charge is -2.08. The van der Waals surface area contributed by atoms with Crippen LogP contribution in [-0.2, 0) is 13.6 Å². The molecule has 25 heavy (non-hydrogen) atoms. The maximum Gasteiger partial charge on any atom is 0.350 e. The van der Waals surface area contributed by atoms with Gasteiger partial charge in [-0.3, -0.25) is 13.8 Å². The Balaban J connectivity index is 1.58. The van der Waals surface area contributed by atoms with E-state index in [1.165, 1.54) is 20.8 Å². The molecule has 3 aromatic heterocycles. The number of fused-ring (bicyclic) bond motifs is 2. The Kier molecular flexibility index (Phi) is 3.89. The highest BCUT2D eigenvalue weighted by Crippen LogP contribution is 2.16.